The molecule has 2 aromatic rings. The quantitative estimate of drug-likeness (QED) is 0.668. The first-order valence-corrected chi connectivity index (χ1v) is 5.98. The molecule has 0 fully saturated rings. The average Bonchev–Trinajstić information content (AvgIpc) is 2.42. The van der Waals surface area contributed by atoms with Gasteiger partial charge in [-0.25, -0.2) is 4.85 Å². The van der Waals surface area contributed by atoms with Crippen molar-refractivity contribution >= 4 is 23.7 Å². The van der Waals surface area contributed by atoms with E-state index in [1.165, 1.54) is 17.8 Å². The van der Waals surface area contributed by atoms with Crippen molar-refractivity contribution < 1.29 is 9.90 Å². The van der Waals surface area contributed by atoms with Crippen molar-refractivity contribution in [1.29, 1.82) is 0 Å². The topological polar surface area (TPSA) is 41.7 Å². The fourth-order valence-corrected chi connectivity index (χ4v) is 2.28. The fraction of sp³-hybridized carbons (Fsp3) is 0. The van der Waals surface area contributed by atoms with Gasteiger partial charge in [0, 0.05) is 9.79 Å². The van der Waals surface area contributed by atoms with Gasteiger partial charge in [-0.1, -0.05) is 36.0 Å². The van der Waals surface area contributed by atoms with Crippen LogP contribution in [0.2, 0.25) is 0 Å². The lowest BCUT2D eigenvalue weighted by molar-refractivity contribution is 0.112. The largest absolute Gasteiger partial charge is 0.507 e. The van der Waals surface area contributed by atoms with Crippen LogP contribution in [0.5, 0.6) is 5.75 Å². The van der Waals surface area contributed by atoms with Crippen molar-refractivity contribution in [3.05, 3.63) is 59.4 Å². The Morgan fingerprint density at radius 2 is 1.78 bits per heavy atom. The Morgan fingerprint density at radius 1 is 1.11 bits per heavy atom. The predicted octanol–water partition coefficient (Wildman–Crippen LogP) is 3.91. The van der Waals surface area contributed by atoms with Gasteiger partial charge in [0.05, 0.1) is 12.1 Å². The standard InChI is InChI=1S/C14H9NO2S/c1-15-11-2-4-12(5-3-11)18-13-6-7-14(17)10(8-13)9-16/h2-9,17H. The highest BCUT2D eigenvalue weighted by Gasteiger charge is 2.03. The maximum absolute atomic E-state index is 10.7. The monoisotopic (exact) mass is 255 g/mol. The van der Waals surface area contributed by atoms with E-state index in [0.29, 0.717) is 12.0 Å². The highest BCUT2D eigenvalue weighted by Crippen LogP contribution is 2.31. The number of rotatable bonds is 3. The number of nitrogens with zero attached hydrogens (tertiary/aromatic N) is 1. The third-order valence-electron chi connectivity index (χ3n) is 2.33. The van der Waals surface area contributed by atoms with E-state index in [2.05, 4.69) is 4.85 Å². The van der Waals surface area contributed by atoms with Crippen molar-refractivity contribution in [3.63, 3.8) is 0 Å². The molecule has 0 aliphatic rings. The van der Waals surface area contributed by atoms with Crippen LogP contribution in [-0.4, -0.2) is 11.4 Å². The van der Waals surface area contributed by atoms with E-state index in [0.717, 1.165) is 9.79 Å². The van der Waals surface area contributed by atoms with E-state index in [1.54, 1.807) is 24.3 Å². The van der Waals surface area contributed by atoms with Crippen LogP contribution >= 0.6 is 11.8 Å². The summed E-state index contributed by atoms with van der Waals surface area (Å²) in [5, 5.41) is 9.40. The molecule has 0 heterocycles. The van der Waals surface area contributed by atoms with Crippen LogP contribution < -0.4 is 0 Å². The molecule has 2 aromatic carbocycles. The molecule has 2 rings (SSSR count). The Hall–Kier alpha value is -2.25. The van der Waals surface area contributed by atoms with Crippen LogP contribution in [-0.2, 0) is 0 Å². The summed E-state index contributed by atoms with van der Waals surface area (Å²) in [6.07, 6.45) is 0.626. The van der Waals surface area contributed by atoms with Crippen molar-refractivity contribution in [3.8, 4) is 5.75 Å². The summed E-state index contributed by atoms with van der Waals surface area (Å²) < 4.78 is 0. The summed E-state index contributed by atoms with van der Waals surface area (Å²) >= 11 is 1.47. The molecule has 4 heteroatoms. The van der Waals surface area contributed by atoms with Crippen LogP contribution in [0.3, 0.4) is 0 Å². The number of phenols is 1. The Balaban J connectivity index is 2.23. The van der Waals surface area contributed by atoms with Crippen molar-refractivity contribution in [2.24, 2.45) is 0 Å². The van der Waals surface area contributed by atoms with E-state index in [1.807, 2.05) is 12.1 Å². The summed E-state index contributed by atoms with van der Waals surface area (Å²) in [6.45, 7) is 6.86. The second-order valence-electron chi connectivity index (χ2n) is 3.55. The number of aromatic hydroxyl groups is 1. The van der Waals surface area contributed by atoms with Crippen LogP contribution in [0, 0.1) is 6.57 Å². The number of phenolic OH excluding ortho intramolecular Hbond substituents is 1. The molecule has 3 nitrogen and oxygen atoms in total. The lowest BCUT2D eigenvalue weighted by Crippen LogP contribution is -1.82. The molecule has 0 aliphatic heterocycles. The van der Waals surface area contributed by atoms with Crippen LogP contribution in [0.15, 0.2) is 52.3 Å². The molecule has 0 aromatic heterocycles. The van der Waals surface area contributed by atoms with Gasteiger partial charge in [-0.2, -0.15) is 0 Å². The van der Waals surface area contributed by atoms with E-state index in [-0.39, 0.29) is 11.3 Å². The van der Waals surface area contributed by atoms with Crippen molar-refractivity contribution in [2.75, 3.05) is 0 Å². The maximum atomic E-state index is 10.7. The first-order chi connectivity index (χ1) is 8.72. The molecule has 1 N–H and O–H groups in total. The predicted molar refractivity (Wildman–Crippen MR) is 70.3 cm³/mol. The normalized spacial score (nSPS) is 9.72. The zero-order chi connectivity index (χ0) is 13.0. The molecular formula is C14H9NO2S. The number of hydrogen-bond donors (Lipinski definition) is 1. The van der Waals surface area contributed by atoms with Gasteiger partial charge in [0.1, 0.15) is 5.75 Å². The number of carbonyl (C=O) groups excluding carboxylic acids is 1. The summed E-state index contributed by atoms with van der Waals surface area (Å²) in [5.41, 5.74) is 0.872. The second kappa shape index (κ2) is 5.39. The Labute approximate surface area is 109 Å². The molecule has 0 spiro atoms. The molecule has 0 saturated heterocycles. The minimum atomic E-state index is -0.0160. The second-order valence-corrected chi connectivity index (χ2v) is 4.69. The van der Waals surface area contributed by atoms with Crippen LogP contribution in [0.1, 0.15) is 10.4 Å². The smallest absolute Gasteiger partial charge is 0.187 e. The molecule has 18 heavy (non-hydrogen) atoms. The molecule has 0 amide bonds. The molecule has 0 unspecified atom stereocenters. The average molecular weight is 255 g/mol. The first-order valence-electron chi connectivity index (χ1n) is 5.16. The maximum Gasteiger partial charge on any atom is 0.187 e. The summed E-state index contributed by atoms with van der Waals surface area (Å²) in [4.78, 5) is 15.9. The van der Waals surface area contributed by atoms with Crippen LogP contribution in [0.4, 0.5) is 5.69 Å². The number of aldehydes is 1. The molecule has 0 radical (unpaired) electrons. The van der Waals surface area contributed by atoms with Crippen molar-refractivity contribution in [2.45, 2.75) is 9.79 Å². The lowest BCUT2D eigenvalue weighted by Gasteiger charge is -2.03. The zero-order valence-electron chi connectivity index (χ0n) is 9.33. The molecule has 88 valence electrons. The number of hydrogen-bond acceptors (Lipinski definition) is 3. The lowest BCUT2D eigenvalue weighted by atomic mass is 10.2. The summed E-state index contributed by atoms with van der Waals surface area (Å²) in [6, 6.07) is 12.1. The van der Waals surface area contributed by atoms with Gasteiger partial charge in [0.15, 0.2) is 12.0 Å². The molecule has 0 saturated carbocycles. The Morgan fingerprint density at radius 3 is 2.39 bits per heavy atom. The van der Waals surface area contributed by atoms with E-state index < -0.39 is 0 Å². The first kappa shape index (κ1) is 12.2. The van der Waals surface area contributed by atoms with Gasteiger partial charge in [-0.3, -0.25) is 4.79 Å². The van der Waals surface area contributed by atoms with E-state index in [4.69, 9.17) is 6.57 Å². The molecule has 0 bridgehead atoms. The summed E-state index contributed by atoms with van der Waals surface area (Å²) in [7, 11) is 0. The van der Waals surface area contributed by atoms with Gasteiger partial charge in [0.2, 0.25) is 0 Å². The minimum Gasteiger partial charge on any atom is -0.507 e. The number of benzene rings is 2. The number of carbonyl (C=O) groups is 1. The fourth-order valence-electron chi connectivity index (χ4n) is 1.42. The molecular weight excluding hydrogens is 246 g/mol. The van der Waals surface area contributed by atoms with Gasteiger partial charge >= 0.3 is 0 Å². The van der Waals surface area contributed by atoms with Gasteiger partial charge in [0.25, 0.3) is 0 Å². The SMILES string of the molecule is [C-]#[N+]c1ccc(Sc2ccc(O)c(C=O)c2)cc1. The van der Waals surface area contributed by atoms with E-state index >= 15 is 0 Å². The third-order valence-corrected chi connectivity index (χ3v) is 3.32. The van der Waals surface area contributed by atoms with Gasteiger partial charge in [-0.05, 0) is 18.2 Å². The van der Waals surface area contributed by atoms with E-state index in [9.17, 15) is 9.90 Å². The highest BCUT2D eigenvalue weighted by atomic mass is 32.2. The molecule has 0 atom stereocenters. The Bertz CT molecular complexity index is 615. The van der Waals surface area contributed by atoms with Gasteiger partial charge < -0.3 is 5.11 Å². The highest BCUT2D eigenvalue weighted by molar-refractivity contribution is 7.99. The van der Waals surface area contributed by atoms with Crippen molar-refractivity contribution in [1.82, 2.24) is 0 Å². The van der Waals surface area contributed by atoms with Gasteiger partial charge in [-0.15, -0.1) is 0 Å². The van der Waals surface area contributed by atoms with Crippen LogP contribution in [0.25, 0.3) is 4.85 Å². The molecule has 0 aliphatic carbocycles. The Kier molecular flexibility index (Phi) is 3.66. The third kappa shape index (κ3) is 2.70. The zero-order valence-corrected chi connectivity index (χ0v) is 10.1. The minimum absolute atomic E-state index is 0.0160. The summed E-state index contributed by atoms with van der Waals surface area (Å²) in [5.74, 6) is -0.0160.